The first-order valence-electron chi connectivity index (χ1n) is 9.32. The summed E-state index contributed by atoms with van der Waals surface area (Å²) < 4.78 is 7.27. The minimum absolute atomic E-state index is 0.0679. The molecule has 31 heavy (non-hydrogen) atoms. The van der Waals surface area contributed by atoms with Crippen LogP contribution in [0.25, 0.3) is 16.9 Å². The Labute approximate surface area is 176 Å². The molecule has 1 amide bonds. The number of ether oxygens (including phenoxy) is 1. The fourth-order valence-corrected chi connectivity index (χ4v) is 2.98. The lowest BCUT2D eigenvalue weighted by Crippen LogP contribution is -2.28. The third kappa shape index (κ3) is 4.04. The molecule has 0 radical (unpaired) electrons. The first-order chi connectivity index (χ1) is 15.0. The topological polar surface area (TPSA) is 121 Å². The molecule has 0 spiro atoms. The average Bonchev–Trinajstić information content (AvgIpc) is 3.21. The summed E-state index contributed by atoms with van der Waals surface area (Å²) in [4.78, 5) is 40.9. The van der Waals surface area contributed by atoms with E-state index in [1.165, 1.54) is 30.3 Å². The second kappa shape index (κ2) is 8.19. The van der Waals surface area contributed by atoms with Gasteiger partial charge in [-0.25, -0.2) is 9.78 Å². The minimum Gasteiger partial charge on any atom is -0.465 e. The highest BCUT2D eigenvalue weighted by atomic mass is 16.5. The van der Waals surface area contributed by atoms with Gasteiger partial charge in [-0.15, -0.1) is 5.10 Å². The van der Waals surface area contributed by atoms with Crippen molar-refractivity contribution in [3.8, 4) is 5.69 Å². The number of nitrogens with zero attached hydrogens (tertiary/aromatic N) is 5. The third-order valence-corrected chi connectivity index (χ3v) is 4.61. The molecule has 1 N–H and O–H groups in total. The number of carbonyl (C=O) groups is 2. The van der Waals surface area contributed by atoms with Gasteiger partial charge in [0.25, 0.3) is 5.56 Å². The zero-order chi connectivity index (χ0) is 22.0. The first-order valence-corrected chi connectivity index (χ1v) is 9.32. The number of benzene rings is 2. The van der Waals surface area contributed by atoms with Gasteiger partial charge < -0.3 is 10.1 Å². The molecule has 0 bridgehead atoms. The molecule has 0 atom stereocenters. The van der Waals surface area contributed by atoms with Crippen LogP contribution in [0.1, 0.15) is 15.9 Å². The van der Waals surface area contributed by atoms with Crippen LogP contribution in [0.2, 0.25) is 0 Å². The summed E-state index contributed by atoms with van der Waals surface area (Å²) in [6, 6.07) is 13.8. The van der Waals surface area contributed by atoms with Gasteiger partial charge in [0.1, 0.15) is 12.9 Å². The van der Waals surface area contributed by atoms with Crippen molar-refractivity contribution >= 4 is 28.7 Å². The smallest absolute Gasteiger partial charge is 0.337 e. The van der Waals surface area contributed by atoms with Crippen LogP contribution in [-0.2, 0) is 16.1 Å². The van der Waals surface area contributed by atoms with Gasteiger partial charge in [-0.1, -0.05) is 22.9 Å². The maximum Gasteiger partial charge on any atom is 0.337 e. The largest absolute Gasteiger partial charge is 0.465 e. The number of fused-ring (bicyclic) bond motifs is 1. The summed E-state index contributed by atoms with van der Waals surface area (Å²) in [5, 5.41) is 10.6. The van der Waals surface area contributed by atoms with E-state index in [1.807, 2.05) is 31.2 Å². The summed E-state index contributed by atoms with van der Waals surface area (Å²) in [5.41, 5.74) is 2.56. The van der Waals surface area contributed by atoms with E-state index in [-0.39, 0.29) is 12.1 Å². The second-order valence-electron chi connectivity index (χ2n) is 6.80. The van der Waals surface area contributed by atoms with Gasteiger partial charge in [0.05, 0.1) is 18.4 Å². The van der Waals surface area contributed by atoms with Gasteiger partial charge in [0.15, 0.2) is 11.2 Å². The molecule has 0 aliphatic rings. The maximum absolute atomic E-state index is 12.7. The highest BCUT2D eigenvalue weighted by molar-refractivity contribution is 5.93. The van der Waals surface area contributed by atoms with Crippen LogP contribution in [0.4, 0.5) is 5.69 Å². The summed E-state index contributed by atoms with van der Waals surface area (Å²) in [5.74, 6) is -0.900. The van der Waals surface area contributed by atoms with Crippen LogP contribution in [0.5, 0.6) is 0 Å². The van der Waals surface area contributed by atoms with Crippen molar-refractivity contribution in [3.63, 3.8) is 0 Å². The molecule has 4 aromatic rings. The van der Waals surface area contributed by atoms with Gasteiger partial charge in [-0.05, 0) is 43.3 Å². The van der Waals surface area contributed by atoms with Crippen molar-refractivity contribution in [1.82, 2.24) is 24.5 Å². The zero-order valence-corrected chi connectivity index (χ0v) is 16.8. The van der Waals surface area contributed by atoms with Crippen LogP contribution in [0.3, 0.4) is 0 Å². The van der Waals surface area contributed by atoms with E-state index in [0.717, 1.165) is 15.8 Å². The lowest BCUT2D eigenvalue weighted by Gasteiger charge is -2.08. The van der Waals surface area contributed by atoms with Gasteiger partial charge >= 0.3 is 5.97 Å². The van der Waals surface area contributed by atoms with Crippen molar-refractivity contribution in [2.75, 3.05) is 12.4 Å². The molecule has 0 saturated carbocycles. The Kier molecular flexibility index (Phi) is 5.27. The predicted molar refractivity (Wildman–Crippen MR) is 112 cm³/mol. The van der Waals surface area contributed by atoms with Crippen LogP contribution in [-0.4, -0.2) is 43.5 Å². The number of rotatable bonds is 5. The van der Waals surface area contributed by atoms with Crippen molar-refractivity contribution in [1.29, 1.82) is 0 Å². The Balaban J connectivity index is 1.53. The number of methoxy groups -OCH3 is 1. The lowest BCUT2D eigenvalue weighted by atomic mass is 10.2. The van der Waals surface area contributed by atoms with E-state index in [1.54, 1.807) is 12.1 Å². The molecule has 10 nitrogen and oxygen atoms in total. The highest BCUT2D eigenvalue weighted by Crippen LogP contribution is 2.13. The number of aromatic nitrogens is 5. The molecule has 0 aliphatic heterocycles. The molecule has 4 rings (SSSR count). The van der Waals surface area contributed by atoms with Crippen LogP contribution in [0.15, 0.2) is 59.7 Å². The predicted octanol–water partition coefficient (Wildman–Crippen LogP) is 1.71. The van der Waals surface area contributed by atoms with Crippen molar-refractivity contribution in [3.05, 3.63) is 76.3 Å². The molecule has 10 heteroatoms. The minimum atomic E-state index is -0.473. The summed E-state index contributed by atoms with van der Waals surface area (Å²) >= 11 is 0. The number of amides is 1. The van der Waals surface area contributed by atoms with Crippen molar-refractivity contribution < 1.29 is 14.3 Å². The summed E-state index contributed by atoms with van der Waals surface area (Å²) in [6.45, 7) is 1.72. The van der Waals surface area contributed by atoms with E-state index in [4.69, 9.17) is 0 Å². The Morgan fingerprint density at radius 2 is 1.77 bits per heavy atom. The van der Waals surface area contributed by atoms with Gasteiger partial charge in [0, 0.05) is 5.69 Å². The van der Waals surface area contributed by atoms with Gasteiger partial charge in [0.2, 0.25) is 5.91 Å². The van der Waals surface area contributed by atoms with Crippen molar-refractivity contribution in [2.45, 2.75) is 13.5 Å². The third-order valence-electron chi connectivity index (χ3n) is 4.61. The zero-order valence-electron chi connectivity index (χ0n) is 16.8. The fourth-order valence-electron chi connectivity index (χ4n) is 2.98. The Morgan fingerprint density at radius 1 is 1.06 bits per heavy atom. The molecule has 0 saturated heterocycles. The van der Waals surface area contributed by atoms with E-state index >= 15 is 0 Å². The number of hydrogen-bond acceptors (Lipinski definition) is 7. The quantitative estimate of drug-likeness (QED) is 0.490. The van der Waals surface area contributed by atoms with Crippen LogP contribution < -0.4 is 10.9 Å². The van der Waals surface area contributed by atoms with Crippen molar-refractivity contribution in [2.24, 2.45) is 0 Å². The van der Waals surface area contributed by atoms with Crippen LogP contribution >= 0.6 is 0 Å². The second-order valence-corrected chi connectivity index (χ2v) is 6.80. The summed E-state index contributed by atoms with van der Waals surface area (Å²) in [6.07, 6.45) is 1.29. The number of carbonyl (C=O) groups excluding carboxylic acids is 2. The molecule has 2 heterocycles. The standard InChI is InChI=1S/C21H18N6O4/c1-13-3-9-16(10-4-13)27-19-18(24-25-27)20(29)26(12-22-19)11-17(28)23-15-7-5-14(6-8-15)21(30)31-2/h3-10,12H,11H2,1-2H3,(H,23,28). The first kappa shape index (κ1) is 20.0. The van der Waals surface area contributed by atoms with E-state index in [2.05, 4.69) is 25.3 Å². The monoisotopic (exact) mass is 418 g/mol. The molecule has 0 aliphatic carbocycles. The molecule has 156 valence electrons. The average molecular weight is 418 g/mol. The maximum atomic E-state index is 12.7. The fraction of sp³-hybridized carbons (Fsp3) is 0.143. The highest BCUT2D eigenvalue weighted by Gasteiger charge is 2.15. The molecule has 0 fully saturated rings. The van der Waals surface area contributed by atoms with Gasteiger partial charge in [-0.2, -0.15) is 4.68 Å². The number of esters is 1. The number of nitrogens with one attached hydrogen (secondary N) is 1. The Morgan fingerprint density at radius 3 is 2.45 bits per heavy atom. The van der Waals surface area contributed by atoms with Crippen LogP contribution in [0, 0.1) is 6.92 Å². The lowest BCUT2D eigenvalue weighted by molar-refractivity contribution is -0.116. The van der Waals surface area contributed by atoms with E-state index in [0.29, 0.717) is 16.9 Å². The Bertz CT molecular complexity index is 1320. The SMILES string of the molecule is COC(=O)c1ccc(NC(=O)Cn2cnc3c(nnn3-c3ccc(C)cc3)c2=O)cc1. The normalized spacial score (nSPS) is 10.8. The van der Waals surface area contributed by atoms with E-state index in [9.17, 15) is 14.4 Å². The number of hydrogen-bond donors (Lipinski definition) is 1. The Hall–Kier alpha value is -4.34. The van der Waals surface area contributed by atoms with Gasteiger partial charge in [-0.3, -0.25) is 14.2 Å². The summed E-state index contributed by atoms with van der Waals surface area (Å²) in [7, 11) is 1.29. The number of aryl methyl sites for hydroxylation is 1. The molecule has 2 aromatic heterocycles. The van der Waals surface area contributed by atoms with E-state index < -0.39 is 17.4 Å². The molecular weight excluding hydrogens is 400 g/mol. The molecule has 2 aromatic carbocycles. The molecular formula is C21H18N6O4. The number of anilines is 1. The molecule has 0 unspecified atom stereocenters.